The van der Waals surface area contributed by atoms with Crippen molar-refractivity contribution in [2.24, 2.45) is 0 Å². The van der Waals surface area contributed by atoms with Gasteiger partial charge in [0.15, 0.2) is 0 Å². The molecular weight excluding hydrogens is 136 g/mol. The lowest BCUT2D eigenvalue weighted by Crippen LogP contribution is -1.93. The lowest BCUT2D eigenvalue weighted by molar-refractivity contribution is 0.971. The van der Waals surface area contributed by atoms with Crippen LogP contribution in [0.3, 0.4) is 0 Å². The van der Waals surface area contributed by atoms with Crippen LogP contribution in [0.5, 0.6) is 0 Å². The standard InChI is InChI=1S/C5H8N2OS/c8-5-3-4(1-2-9)6-7-5/h3,9H,1-2H2,(H2,6,7,8). The lowest BCUT2D eigenvalue weighted by atomic mass is 10.3. The molecule has 0 bridgehead atoms. The Balaban J connectivity index is 2.73. The number of rotatable bonds is 2. The summed E-state index contributed by atoms with van der Waals surface area (Å²) in [4.78, 5) is 10.5. The maximum Gasteiger partial charge on any atom is 0.264 e. The van der Waals surface area contributed by atoms with E-state index < -0.39 is 0 Å². The van der Waals surface area contributed by atoms with Gasteiger partial charge >= 0.3 is 0 Å². The molecule has 0 aliphatic heterocycles. The fourth-order valence-electron chi connectivity index (χ4n) is 0.627. The maximum atomic E-state index is 10.5. The van der Waals surface area contributed by atoms with E-state index in [0.717, 1.165) is 17.9 Å². The van der Waals surface area contributed by atoms with Crippen molar-refractivity contribution in [1.29, 1.82) is 0 Å². The Morgan fingerprint density at radius 1 is 1.56 bits per heavy atom. The molecule has 0 amide bonds. The van der Waals surface area contributed by atoms with Crippen LogP contribution >= 0.6 is 12.6 Å². The van der Waals surface area contributed by atoms with Crippen LogP contribution in [0.15, 0.2) is 10.9 Å². The molecule has 0 spiro atoms. The Hall–Kier alpha value is -0.640. The van der Waals surface area contributed by atoms with Gasteiger partial charge in [-0.3, -0.25) is 9.89 Å². The molecule has 0 aromatic carbocycles. The van der Waals surface area contributed by atoms with Gasteiger partial charge in [0.2, 0.25) is 0 Å². The van der Waals surface area contributed by atoms with E-state index in [-0.39, 0.29) is 5.56 Å². The smallest absolute Gasteiger partial charge is 0.264 e. The largest absolute Gasteiger partial charge is 0.302 e. The van der Waals surface area contributed by atoms with Gasteiger partial charge in [-0.05, 0) is 12.2 Å². The first-order valence-corrected chi connectivity index (χ1v) is 3.33. The zero-order valence-electron chi connectivity index (χ0n) is 4.85. The van der Waals surface area contributed by atoms with E-state index in [1.54, 1.807) is 0 Å². The van der Waals surface area contributed by atoms with E-state index in [2.05, 4.69) is 22.8 Å². The number of aromatic nitrogens is 2. The van der Waals surface area contributed by atoms with E-state index in [9.17, 15) is 4.79 Å². The fraction of sp³-hybridized carbons (Fsp3) is 0.400. The van der Waals surface area contributed by atoms with Gasteiger partial charge in [-0.15, -0.1) is 0 Å². The maximum absolute atomic E-state index is 10.5. The van der Waals surface area contributed by atoms with Gasteiger partial charge in [-0.25, -0.2) is 0 Å². The van der Waals surface area contributed by atoms with Crippen molar-refractivity contribution in [2.45, 2.75) is 6.42 Å². The number of hydrogen-bond acceptors (Lipinski definition) is 2. The molecular formula is C5H8N2OS. The van der Waals surface area contributed by atoms with Crippen molar-refractivity contribution in [3.63, 3.8) is 0 Å². The molecule has 0 radical (unpaired) electrons. The Morgan fingerprint density at radius 3 is 2.78 bits per heavy atom. The minimum Gasteiger partial charge on any atom is -0.302 e. The molecule has 4 heteroatoms. The van der Waals surface area contributed by atoms with Gasteiger partial charge in [0.05, 0.1) is 0 Å². The second-order valence-electron chi connectivity index (χ2n) is 1.76. The van der Waals surface area contributed by atoms with Crippen LogP contribution in [-0.2, 0) is 6.42 Å². The van der Waals surface area contributed by atoms with Crippen LogP contribution in [0.4, 0.5) is 0 Å². The summed E-state index contributed by atoms with van der Waals surface area (Å²) in [6.07, 6.45) is 0.807. The lowest BCUT2D eigenvalue weighted by Gasteiger charge is -1.85. The molecule has 3 nitrogen and oxygen atoms in total. The Kier molecular flexibility index (Phi) is 2.00. The average Bonchev–Trinajstić information content (AvgIpc) is 2.17. The third kappa shape index (κ3) is 1.64. The zero-order valence-corrected chi connectivity index (χ0v) is 5.74. The molecule has 50 valence electrons. The average molecular weight is 144 g/mol. The summed E-state index contributed by atoms with van der Waals surface area (Å²) in [5.41, 5.74) is 0.835. The molecule has 0 aliphatic carbocycles. The number of hydrogen-bond donors (Lipinski definition) is 3. The quantitative estimate of drug-likeness (QED) is 0.509. The van der Waals surface area contributed by atoms with Crippen molar-refractivity contribution in [3.05, 3.63) is 22.1 Å². The molecule has 0 atom stereocenters. The van der Waals surface area contributed by atoms with Gasteiger partial charge in [0, 0.05) is 11.8 Å². The molecule has 1 rings (SSSR count). The molecule has 1 heterocycles. The molecule has 0 saturated heterocycles. The molecule has 0 unspecified atom stereocenters. The molecule has 2 N–H and O–H groups in total. The van der Waals surface area contributed by atoms with Crippen LogP contribution < -0.4 is 5.56 Å². The van der Waals surface area contributed by atoms with Gasteiger partial charge in [0.1, 0.15) is 0 Å². The van der Waals surface area contributed by atoms with E-state index >= 15 is 0 Å². The van der Waals surface area contributed by atoms with Gasteiger partial charge in [-0.1, -0.05) is 0 Å². The van der Waals surface area contributed by atoms with Crippen LogP contribution in [0, 0.1) is 0 Å². The molecule has 0 saturated carbocycles. The Morgan fingerprint density at radius 2 is 2.33 bits per heavy atom. The normalized spacial score (nSPS) is 9.89. The van der Waals surface area contributed by atoms with Crippen LogP contribution in [0.1, 0.15) is 5.69 Å². The third-order valence-corrected chi connectivity index (χ3v) is 1.26. The number of nitrogens with one attached hydrogen (secondary N) is 2. The van der Waals surface area contributed by atoms with E-state index in [1.807, 2.05) is 0 Å². The highest BCUT2D eigenvalue weighted by atomic mass is 32.1. The molecule has 0 aliphatic rings. The number of aromatic amines is 2. The molecule has 9 heavy (non-hydrogen) atoms. The summed E-state index contributed by atoms with van der Waals surface area (Å²) in [6.45, 7) is 0. The summed E-state index contributed by atoms with van der Waals surface area (Å²) in [6, 6.07) is 1.54. The monoisotopic (exact) mass is 144 g/mol. The zero-order chi connectivity index (χ0) is 6.69. The predicted molar refractivity (Wildman–Crippen MR) is 39.0 cm³/mol. The predicted octanol–water partition coefficient (Wildman–Crippen LogP) is 0.175. The van der Waals surface area contributed by atoms with Crippen molar-refractivity contribution in [1.82, 2.24) is 10.2 Å². The Bertz CT molecular complexity index is 227. The first kappa shape index (κ1) is 6.48. The third-order valence-electron chi connectivity index (χ3n) is 1.03. The topological polar surface area (TPSA) is 48.6 Å². The highest BCUT2D eigenvalue weighted by Crippen LogP contribution is 1.89. The number of aryl methyl sites for hydroxylation is 1. The van der Waals surface area contributed by atoms with Crippen LogP contribution in [0.25, 0.3) is 0 Å². The minimum absolute atomic E-state index is 0.0771. The SMILES string of the molecule is O=c1cc(CCS)[nH][nH]1. The van der Waals surface area contributed by atoms with Crippen molar-refractivity contribution in [3.8, 4) is 0 Å². The van der Waals surface area contributed by atoms with Crippen molar-refractivity contribution >= 4 is 12.6 Å². The summed E-state index contributed by atoms with van der Waals surface area (Å²) in [5.74, 6) is 0.758. The van der Waals surface area contributed by atoms with Gasteiger partial charge < -0.3 is 5.10 Å². The molecule has 0 fully saturated rings. The fourth-order valence-corrected chi connectivity index (χ4v) is 0.868. The second kappa shape index (κ2) is 2.77. The summed E-state index contributed by atoms with van der Waals surface area (Å²) in [5, 5.41) is 5.16. The van der Waals surface area contributed by atoms with E-state index in [0.29, 0.717) is 0 Å². The van der Waals surface area contributed by atoms with Crippen LogP contribution in [0.2, 0.25) is 0 Å². The second-order valence-corrected chi connectivity index (χ2v) is 2.20. The first-order valence-electron chi connectivity index (χ1n) is 2.70. The van der Waals surface area contributed by atoms with Gasteiger partial charge in [0.25, 0.3) is 5.56 Å². The highest BCUT2D eigenvalue weighted by molar-refractivity contribution is 7.80. The van der Waals surface area contributed by atoms with Crippen LogP contribution in [-0.4, -0.2) is 16.0 Å². The van der Waals surface area contributed by atoms with E-state index in [1.165, 1.54) is 6.07 Å². The summed E-state index contributed by atoms with van der Waals surface area (Å²) >= 11 is 4.01. The molecule has 1 aromatic rings. The molecule has 1 aromatic heterocycles. The first-order chi connectivity index (χ1) is 4.33. The number of H-pyrrole nitrogens is 2. The highest BCUT2D eigenvalue weighted by Gasteiger charge is 1.91. The Labute approximate surface area is 57.9 Å². The number of thiol groups is 1. The van der Waals surface area contributed by atoms with E-state index in [4.69, 9.17) is 0 Å². The van der Waals surface area contributed by atoms with Crippen molar-refractivity contribution < 1.29 is 0 Å². The van der Waals surface area contributed by atoms with Crippen molar-refractivity contribution in [2.75, 3.05) is 5.75 Å². The van der Waals surface area contributed by atoms with Gasteiger partial charge in [-0.2, -0.15) is 12.6 Å². The minimum atomic E-state index is -0.0771. The summed E-state index contributed by atoms with van der Waals surface area (Å²) < 4.78 is 0. The summed E-state index contributed by atoms with van der Waals surface area (Å²) in [7, 11) is 0.